The number of halogens is 1. The van der Waals surface area contributed by atoms with Crippen LogP contribution in [-0.4, -0.2) is 73.3 Å². The summed E-state index contributed by atoms with van der Waals surface area (Å²) in [6, 6.07) is 13.8. The van der Waals surface area contributed by atoms with Gasteiger partial charge in [0.2, 0.25) is 0 Å². The SMILES string of the molecule is COc1ccc(C2=NN(C(=O)CN3CCN(C)CC3)[C@@H](c3cccc(F)c3)C2)cc1. The third kappa shape index (κ3) is 4.52. The molecule has 0 N–H and O–H groups in total. The molecule has 2 aliphatic heterocycles. The van der Waals surface area contributed by atoms with Crippen molar-refractivity contribution in [2.75, 3.05) is 46.9 Å². The highest BCUT2D eigenvalue weighted by Crippen LogP contribution is 2.33. The van der Waals surface area contributed by atoms with Crippen molar-refractivity contribution >= 4 is 11.6 Å². The van der Waals surface area contributed by atoms with E-state index in [0.717, 1.165) is 48.8 Å². The first-order chi connectivity index (χ1) is 14.5. The van der Waals surface area contributed by atoms with Gasteiger partial charge in [0, 0.05) is 32.6 Å². The molecule has 1 saturated heterocycles. The molecule has 0 saturated carbocycles. The molecule has 6 nitrogen and oxygen atoms in total. The van der Waals surface area contributed by atoms with E-state index in [4.69, 9.17) is 4.74 Å². The zero-order valence-corrected chi connectivity index (χ0v) is 17.4. The molecule has 4 rings (SSSR count). The molecular formula is C23H27FN4O2. The Bertz CT molecular complexity index is 923. The number of amides is 1. The lowest BCUT2D eigenvalue weighted by Gasteiger charge is -2.33. The van der Waals surface area contributed by atoms with Crippen LogP contribution in [0.25, 0.3) is 0 Å². The first kappa shape index (κ1) is 20.5. The molecule has 2 aromatic rings. The monoisotopic (exact) mass is 410 g/mol. The molecule has 1 fully saturated rings. The van der Waals surface area contributed by atoms with Crippen LogP contribution in [0.2, 0.25) is 0 Å². The summed E-state index contributed by atoms with van der Waals surface area (Å²) in [6.45, 7) is 3.92. The fourth-order valence-electron chi connectivity index (χ4n) is 3.94. The summed E-state index contributed by atoms with van der Waals surface area (Å²) in [7, 11) is 3.71. The van der Waals surface area contributed by atoms with Crippen molar-refractivity contribution in [1.29, 1.82) is 0 Å². The third-order valence-electron chi connectivity index (χ3n) is 5.78. The number of hydrazone groups is 1. The number of rotatable bonds is 5. The van der Waals surface area contributed by atoms with Crippen molar-refractivity contribution in [3.05, 3.63) is 65.5 Å². The van der Waals surface area contributed by atoms with Gasteiger partial charge in [-0.1, -0.05) is 12.1 Å². The van der Waals surface area contributed by atoms with Gasteiger partial charge >= 0.3 is 0 Å². The average Bonchev–Trinajstić information content (AvgIpc) is 3.21. The van der Waals surface area contributed by atoms with Crippen LogP contribution < -0.4 is 4.74 Å². The number of carbonyl (C=O) groups is 1. The summed E-state index contributed by atoms with van der Waals surface area (Å²) >= 11 is 0. The van der Waals surface area contributed by atoms with Gasteiger partial charge in [0.15, 0.2) is 0 Å². The minimum absolute atomic E-state index is 0.0580. The van der Waals surface area contributed by atoms with Gasteiger partial charge in [-0.3, -0.25) is 9.69 Å². The van der Waals surface area contributed by atoms with Crippen LogP contribution in [0.4, 0.5) is 4.39 Å². The van der Waals surface area contributed by atoms with E-state index < -0.39 is 0 Å². The maximum absolute atomic E-state index is 13.9. The molecule has 0 aliphatic carbocycles. The van der Waals surface area contributed by atoms with Crippen LogP contribution in [0.15, 0.2) is 53.6 Å². The molecule has 2 aromatic carbocycles. The first-order valence-corrected chi connectivity index (χ1v) is 10.2. The lowest BCUT2D eigenvalue weighted by molar-refractivity contribution is -0.134. The molecule has 1 atom stereocenters. The Morgan fingerprint density at radius 1 is 1.13 bits per heavy atom. The lowest BCUT2D eigenvalue weighted by Crippen LogP contribution is -2.48. The van der Waals surface area contributed by atoms with Crippen molar-refractivity contribution in [3.8, 4) is 5.75 Å². The van der Waals surface area contributed by atoms with Gasteiger partial charge < -0.3 is 9.64 Å². The van der Waals surface area contributed by atoms with E-state index >= 15 is 0 Å². The topological polar surface area (TPSA) is 48.4 Å². The Hall–Kier alpha value is -2.77. The standard InChI is InChI=1S/C23H27FN4O2/c1-26-10-12-27(13-11-26)16-23(29)28-22(18-4-3-5-19(24)14-18)15-21(25-28)17-6-8-20(30-2)9-7-17/h3-9,14,22H,10-13,15-16H2,1-2H3/t22-/m1/s1. The zero-order chi connectivity index (χ0) is 21.1. The number of benzene rings is 2. The van der Waals surface area contributed by atoms with Gasteiger partial charge in [-0.15, -0.1) is 0 Å². The van der Waals surface area contributed by atoms with E-state index in [2.05, 4.69) is 21.9 Å². The smallest absolute Gasteiger partial charge is 0.257 e. The number of nitrogens with zero attached hydrogens (tertiary/aromatic N) is 4. The Morgan fingerprint density at radius 2 is 1.87 bits per heavy atom. The first-order valence-electron chi connectivity index (χ1n) is 10.2. The predicted molar refractivity (Wildman–Crippen MR) is 114 cm³/mol. The molecule has 0 aromatic heterocycles. The molecule has 0 unspecified atom stereocenters. The fraction of sp³-hybridized carbons (Fsp3) is 0.391. The van der Waals surface area contributed by atoms with Crippen molar-refractivity contribution < 1.29 is 13.9 Å². The Morgan fingerprint density at radius 3 is 2.53 bits per heavy atom. The summed E-state index contributed by atoms with van der Waals surface area (Å²) < 4.78 is 19.1. The highest BCUT2D eigenvalue weighted by Gasteiger charge is 2.34. The second-order valence-electron chi connectivity index (χ2n) is 7.87. The molecule has 0 radical (unpaired) electrons. The highest BCUT2D eigenvalue weighted by molar-refractivity contribution is 6.03. The van der Waals surface area contributed by atoms with Crippen LogP contribution in [0, 0.1) is 5.82 Å². The van der Waals surface area contributed by atoms with Crippen LogP contribution in [0.1, 0.15) is 23.6 Å². The quantitative estimate of drug-likeness (QED) is 0.761. The second-order valence-corrected chi connectivity index (χ2v) is 7.87. The molecular weight excluding hydrogens is 383 g/mol. The van der Waals surface area contributed by atoms with Gasteiger partial charge in [0.1, 0.15) is 11.6 Å². The van der Waals surface area contributed by atoms with Gasteiger partial charge in [-0.2, -0.15) is 5.10 Å². The van der Waals surface area contributed by atoms with Crippen LogP contribution in [0.3, 0.4) is 0 Å². The van der Waals surface area contributed by atoms with Gasteiger partial charge in [0.05, 0.1) is 25.4 Å². The molecule has 2 heterocycles. The van der Waals surface area contributed by atoms with Crippen molar-refractivity contribution in [2.45, 2.75) is 12.5 Å². The summed E-state index contributed by atoms with van der Waals surface area (Å²) in [4.78, 5) is 17.6. The van der Waals surface area contributed by atoms with Crippen molar-refractivity contribution in [2.24, 2.45) is 5.10 Å². The summed E-state index contributed by atoms with van der Waals surface area (Å²) in [5.41, 5.74) is 2.51. The number of piperazine rings is 1. The summed E-state index contributed by atoms with van der Waals surface area (Å²) in [5, 5.41) is 6.23. The number of carbonyl (C=O) groups excluding carboxylic acids is 1. The number of hydrogen-bond acceptors (Lipinski definition) is 5. The number of hydrogen-bond donors (Lipinski definition) is 0. The van der Waals surface area contributed by atoms with Crippen molar-refractivity contribution in [1.82, 2.24) is 14.8 Å². The maximum Gasteiger partial charge on any atom is 0.257 e. The molecule has 158 valence electrons. The lowest BCUT2D eigenvalue weighted by atomic mass is 9.98. The number of likely N-dealkylation sites (N-methyl/N-ethyl adjacent to an activating group) is 1. The van der Waals surface area contributed by atoms with E-state index in [-0.39, 0.29) is 17.8 Å². The molecule has 2 aliphatic rings. The molecule has 0 bridgehead atoms. The van der Waals surface area contributed by atoms with E-state index in [9.17, 15) is 9.18 Å². The molecule has 30 heavy (non-hydrogen) atoms. The molecule has 1 amide bonds. The highest BCUT2D eigenvalue weighted by atomic mass is 19.1. The van der Waals surface area contributed by atoms with E-state index in [1.807, 2.05) is 30.3 Å². The van der Waals surface area contributed by atoms with Crippen molar-refractivity contribution in [3.63, 3.8) is 0 Å². The predicted octanol–water partition coefficient (Wildman–Crippen LogP) is 2.76. The second kappa shape index (κ2) is 8.93. The van der Waals surface area contributed by atoms with E-state index in [0.29, 0.717) is 13.0 Å². The Kier molecular flexibility index (Phi) is 6.11. The van der Waals surface area contributed by atoms with E-state index in [1.165, 1.54) is 12.1 Å². The Labute approximate surface area is 176 Å². The molecule has 7 heteroatoms. The number of ether oxygens (including phenoxy) is 1. The minimum Gasteiger partial charge on any atom is -0.497 e. The summed E-state index contributed by atoms with van der Waals surface area (Å²) in [5.74, 6) is 0.399. The van der Waals surface area contributed by atoms with Crippen LogP contribution in [-0.2, 0) is 4.79 Å². The minimum atomic E-state index is -0.308. The molecule has 0 spiro atoms. The average molecular weight is 410 g/mol. The fourth-order valence-corrected chi connectivity index (χ4v) is 3.94. The largest absolute Gasteiger partial charge is 0.497 e. The number of methoxy groups -OCH3 is 1. The normalized spacial score (nSPS) is 20.3. The van der Waals surface area contributed by atoms with Gasteiger partial charge in [0.25, 0.3) is 5.91 Å². The zero-order valence-electron chi connectivity index (χ0n) is 17.4. The van der Waals surface area contributed by atoms with Crippen LogP contribution in [0.5, 0.6) is 5.75 Å². The van der Waals surface area contributed by atoms with Gasteiger partial charge in [-0.25, -0.2) is 9.40 Å². The Balaban J connectivity index is 1.58. The van der Waals surface area contributed by atoms with Crippen LogP contribution >= 0.6 is 0 Å². The third-order valence-corrected chi connectivity index (χ3v) is 5.78. The van der Waals surface area contributed by atoms with Gasteiger partial charge in [-0.05, 0) is 54.6 Å². The van der Waals surface area contributed by atoms with E-state index in [1.54, 1.807) is 18.2 Å². The maximum atomic E-state index is 13.9. The summed E-state index contributed by atoms with van der Waals surface area (Å²) in [6.07, 6.45) is 0.546.